The number of carbonyl (C=O) groups excluding carboxylic acids is 2. The number of aryl methyl sites for hydroxylation is 2. The van der Waals surface area contributed by atoms with E-state index in [2.05, 4.69) is 47.4 Å². The van der Waals surface area contributed by atoms with Crippen molar-refractivity contribution in [3.05, 3.63) is 68.8 Å². The summed E-state index contributed by atoms with van der Waals surface area (Å²) in [5, 5.41) is 0. The fourth-order valence-corrected chi connectivity index (χ4v) is 4.67. The first-order chi connectivity index (χ1) is 14.8. The molecule has 0 bridgehead atoms. The molecule has 0 radical (unpaired) electrons. The maximum Gasteiger partial charge on any atom is -1.00 e. The van der Waals surface area contributed by atoms with Gasteiger partial charge >= 0.3 is 198 Å². The van der Waals surface area contributed by atoms with Crippen molar-refractivity contribution in [2.24, 2.45) is 0 Å². The summed E-state index contributed by atoms with van der Waals surface area (Å²) in [6.07, 6.45) is 6.72. The Bertz CT molecular complexity index is 873. The topological polar surface area (TPSA) is 58.2 Å². The van der Waals surface area contributed by atoms with Crippen molar-refractivity contribution in [1.82, 2.24) is 7.60 Å². The van der Waals surface area contributed by atoms with Gasteiger partial charge in [0.1, 0.15) is 0 Å². The normalized spacial score (nSPS) is 9.88. The average molecular weight is 494 g/mol. The zero-order chi connectivity index (χ0) is 23.0. The van der Waals surface area contributed by atoms with E-state index in [0.29, 0.717) is 11.1 Å². The van der Waals surface area contributed by atoms with Gasteiger partial charge in [-0.3, -0.25) is 0 Å². The van der Waals surface area contributed by atoms with E-state index in [0.717, 1.165) is 49.7 Å². The van der Waals surface area contributed by atoms with Crippen LogP contribution in [0.25, 0.3) is 0 Å². The molecule has 0 heterocycles. The molecule has 0 saturated heterocycles. The molecule has 7 heteroatoms. The molecule has 4 nitrogen and oxygen atoms in total. The van der Waals surface area contributed by atoms with E-state index in [9.17, 15) is 9.59 Å². The first kappa shape index (κ1) is 31.0. The van der Waals surface area contributed by atoms with E-state index in [1.165, 1.54) is 22.3 Å². The molecule has 2 amide bonds. The first-order valence-electron chi connectivity index (χ1n) is 11.4. The summed E-state index contributed by atoms with van der Waals surface area (Å²) in [4.78, 5) is 25.4. The van der Waals surface area contributed by atoms with Crippen molar-refractivity contribution in [3.8, 4) is 0 Å². The summed E-state index contributed by atoms with van der Waals surface area (Å²) in [5.41, 5.74) is 8.46. The van der Waals surface area contributed by atoms with Crippen LogP contribution in [0.3, 0.4) is 0 Å². The molecule has 2 aromatic rings. The first-order valence-corrected chi connectivity index (χ1v) is 12.9. The molecular weight excluding hydrogens is 458 g/mol. The van der Waals surface area contributed by atoms with E-state index in [4.69, 9.17) is 0 Å². The van der Waals surface area contributed by atoms with Crippen molar-refractivity contribution in [2.45, 2.75) is 80.1 Å². The van der Waals surface area contributed by atoms with Gasteiger partial charge in [-0.25, -0.2) is 0 Å². The summed E-state index contributed by atoms with van der Waals surface area (Å²) >= 11 is -1.14. The SMILES string of the molecule is CCCCc1ccc(C(=O)[NH][Ti+2][NH]C(=O)c2ccc(CCCC)c(C)c2C)c(C)c1C.[F-].[F-]. The summed E-state index contributed by atoms with van der Waals surface area (Å²) in [6, 6.07) is 7.97. The van der Waals surface area contributed by atoms with Crippen molar-refractivity contribution in [3.63, 3.8) is 0 Å². The monoisotopic (exact) mass is 494 g/mol. The largest absolute Gasteiger partial charge is 1.00 e. The third-order valence-electron chi connectivity index (χ3n) is 6.24. The van der Waals surface area contributed by atoms with Crippen LogP contribution in [0.15, 0.2) is 24.3 Å². The summed E-state index contributed by atoms with van der Waals surface area (Å²) in [5.74, 6) is -0.212. The Morgan fingerprint density at radius 2 is 1.03 bits per heavy atom. The summed E-state index contributed by atoms with van der Waals surface area (Å²) in [6.45, 7) is 12.6. The molecule has 0 spiro atoms. The van der Waals surface area contributed by atoms with E-state index in [1.54, 1.807) is 0 Å². The molecule has 2 aromatic carbocycles. The molecule has 0 aromatic heterocycles. The van der Waals surface area contributed by atoms with Crippen molar-refractivity contribution in [2.75, 3.05) is 0 Å². The van der Waals surface area contributed by atoms with Crippen LogP contribution in [0.5, 0.6) is 0 Å². The Balaban J connectivity index is 0.00000512. The second-order valence-corrected chi connectivity index (χ2v) is 9.46. The molecular formula is C26H36F2N2O2Ti. The Morgan fingerprint density at radius 3 is 1.36 bits per heavy atom. The van der Waals surface area contributed by atoms with Crippen molar-refractivity contribution in [1.29, 1.82) is 0 Å². The van der Waals surface area contributed by atoms with Gasteiger partial charge in [0.25, 0.3) is 0 Å². The average Bonchev–Trinajstić information content (AvgIpc) is 2.75. The number of unbranched alkanes of at least 4 members (excludes halogenated alkanes) is 2. The molecule has 2 rings (SSSR count). The van der Waals surface area contributed by atoms with Gasteiger partial charge in [0.15, 0.2) is 0 Å². The zero-order valence-electron chi connectivity index (χ0n) is 20.6. The van der Waals surface area contributed by atoms with Gasteiger partial charge in [0, 0.05) is 0 Å². The van der Waals surface area contributed by atoms with Gasteiger partial charge in [-0.15, -0.1) is 0 Å². The molecule has 33 heavy (non-hydrogen) atoms. The van der Waals surface area contributed by atoms with Gasteiger partial charge < -0.3 is 9.41 Å². The predicted octanol–water partition coefficient (Wildman–Crippen LogP) is -0.314. The maximum atomic E-state index is 12.7. The van der Waals surface area contributed by atoms with Crippen LogP contribution < -0.4 is 17.0 Å². The van der Waals surface area contributed by atoms with Gasteiger partial charge in [-0.2, -0.15) is 0 Å². The van der Waals surface area contributed by atoms with Crippen LogP contribution in [0.2, 0.25) is 0 Å². The number of benzene rings is 2. The van der Waals surface area contributed by atoms with E-state index < -0.39 is 19.7 Å². The number of nitrogens with one attached hydrogen (secondary N) is 2. The Morgan fingerprint density at radius 1 is 0.667 bits per heavy atom. The Kier molecular flexibility index (Phi) is 14.0. The Hall–Kier alpha value is -2.05. The molecule has 180 valence electrons. The number of hydrogen-bond donors (Lipinski definition) is 2. The van der Waals surface area contributed by atoms with Crippen LogP contribution in [-0.4, -0.2) is 11.8 Å². The smallest absolute Gasteiger partial charge is 1.00 e. The fraction of sp³-hybridized carbons (Fsp3) is 0.462. The predicted molar refractivity (Wildman–Crippen MR) is 124 cm³/mol. The van der Waals surface area contributed by atoms with E-state index >= 15 is 0 Å². The van der Waals surface area contributed by atoms with Crippen molar-refractivity contribution >= 4 is 11.8 Å². The van der Waals surface area contributed by atoms with Crippen LogP contribution >= 0.6 is 0 Å². The number of hydrogen-bond acceptors (Lipinski definition) is 2. The third kappa shape index (κ3) is 8.04. The minimum absolute atomic E-state index is 0. The fourth-order valence-electron chi connectivity index (χ4n) is 3.80. The molecule has 0 aliphatic heterocycles. The second kappa shape index (κ2) is 15.0. The summed E-state index contributed by atoms with van der Waals surface area (Å²) < 4.78 is 5.92. The number of amides is 2. The number of rotatable bonds is 10. The van der Waals surface area contributed by atoms with Crippen LogP contribution in [-0.2, 0) is 32.5 Å². The van der Waals surface area contributed by atoms with Gasteiger partial charge in [-0.1, -0.05) is 0 Å². The van der Waals surface area contributed by atoms with Gasteiger partial charge in [-0.05, 0) is 0 Å². The molecule has 0 saturated carbocycles. The quantitative estimate of drug-likeness (QED) is 0.446. The molecule has 0 fully saturated rings. The molecule has 0 unspecified atom stereocenters. The van der Waals surface area contributed by atoms with E-state index in [1.807, 2.05) is 26.0 Å². The van der Waals surface area contributed by atoms with Gasteiger partial charge in [0.2, 0.25) is 0 Å². The molecule has 0 atom stereocenters. The zero-order valence-corrected chi connectivity index (χ0v) is 22.2. The van der Waals surface area contributed by atoms with Gasteiger partial charge in [0.05, 0.1) is 0 Å². The minimum Gasteiger partial charge on any atom is -1.00 e. The van der Waals surface area contributed by atoms with Crippen molar-refractivity contribution < 1.29 is 38.7 Å². The van der Waals surface area contributed by atoms with Crippen LogP contribution in [0.4, 0.5) is 0 Å². The third-order valence-corrected chi connectivity index (χ3v) is 7.34. The Labute approximate surface area is 206 Å². The minimum atomic E-state index is -1.14. The molecule has 2 N–H and O–H groups in total. The maximum absolute atomic E-state index is 12.7. The standard InChI is InChI=1S/2C13H19NO.2FH.Ti/c2*1-4-5-6-11-7-8-12(13(14)15)10(3)9(11)2;;;/h2*7-8H,4-6H2,1-3H3,(H2,14,15);2*1H;/q;;;;+4/p-4. The summed E-state index contributed by atoms with van der Waals surface area (Å²) in [7, 11) is 0. The van der Waals surface area contributed by atoms with Crippen LogP contribution in [0.1, 0.15) is 93.6 Å². The molecule has 0 aliphatic rings. The number of halogens is 2. The number of carbonyl (C=O) groups is 2. The molecule has 0 aliphatic carbocycles. The van der Waals surface area contributed by atoms with E-state index in [-0.39, 0.29) is 21.2 Å². The second-order valence-electron chi connectivity index (χ2n) is 8.28. The van der Waals surface area contributed by atoms with Crippen LogP contribution in [0, 0.1) is 27.7 Å².